The highest BCUT2D eigenvalue weighted by molar-refractivity contribution is 5.51. The van der Waals surface area contributed by atoms with Gasteiger partial charge in [-0.25, -0.2) is 9.97 Å². The van der Waals surface area contributed by atoms with Crippen LogP contribution in [0.5, 0.6) is 0 Å². The normalized spacial score (nSPS) is 25.8. The molecule has 0 aromatic carbocycles. The van der Waals surface area contributed by atoms with Crippen molar-refractivity contribution in [2.45, 2.75) is 134 Å². The van der Waals surface area contributed by atoms with Crippen LogP contribution in [-0.2, 0) is 18.4 Å². The van der Waals surface area contributed by atoms with E-state index in [0.717, 1.165) is 51.1 Å². The molecule has 0 spiro atoms. The second-order valence-corrected chi connectivity index (χ2v) is 11.0. The van der Waals surface area contributed by atoms with E-state index in [2.05, 4.69) is 17.1 Å². The van der Waals surface area contributed by atoms with Crippen molar-refractivity contribution in [2.75, 3.05) is 24.5 Å². The SMILES string of the molecule is CCCCCCCCCNC1CCCC1(N)c1nc2c(c(N3CCCCCC3)n1)CCCC2. The lowest BCUT2D eigenvalue weighted by Crippen LogP contribution is -2.52. The molecule has 2 aliphatic carbocycles. The Labute approximate surface area is 202 Å². The predicted molar refractivity (Wildman–Crippen MR) is 139 cm³/mol. The number of rotatable bonds is 11. The molecular formula is C28H49N5. The Morgan fingerprint density at radius 2 is 1.61 bits per heavy atom. The molecule has 1 saturated heterocycles. The van der Waals surface area contributed by atoms with E-state index in [1.165, 1.54) is 107 Å². The van der Waals surface area contributed by atoms with Crippen molar-refractivity contribution in [1.82, 2.24) is 15.3 Å². The molecule has 3 aliphatic rings. The van der Waals surface area contributed by atoms with Gasteiger partial charge in [0.25, 0.3) is 0 Å². The Morgan fingerprint density at radius 1 is 0.879 bits per heavy atom. The molecule has 2 atom stereocenters. The summed E-state index contributed by atoms with van der Waals surface area (Å²) in [6.45, 7) is 5.63. The molecule has 2 unspecified atom stereocenters. The molecule has 1 aromatic rings. The van der Waals surface area contributed by atoms with Gasteiger partial charge in [-0.15, -0.1) is 0 Å². The number of aryl methyl sites for hydroxylation is 1. The van der Waals surface area contributed by atoms with Gasteiger partial charge in [-0.1, -0.05) is 58.3 Å². The smallest absolute Gasteiger partial charge is 0.152 e. The highest BCUT2D eigenvalue weighted by Crippen LogP contribution is 2.38. The molecule has 2 fully saturated rings. The predicted octanol–water partition coefficient (Wildman–Crippen LogP) is 5.78. The van der Waals surface area contributed by atoms with Crippen molar-refractivity contribution in [3.8, 4) is 0 Å². The third-order valence-electron chi connectivity index (χ3n) is 8.36. The summed E-state index contributed by atoms with van der Waals surface area (Å²) in [6.07, 6.45) is 22.8. The summed E-state index contributed by atoms with van der Waals surface area (Å²) >= 11 is 0. The minimum atomic E-state index is -0.422. The molecular weight excluding hydrogens is 406 g/mol. The number of anilines is 1. The van der Waals surface area contributed by atoms with Crippen LogP contribution in [0.1, 0.15) is 127 Å². The summed E-state index contributed by atoms with van der Waals surface area (Å²) in [7, 11) is 0. The topological polar surface area (TPSA) is 67.1 Å². The van der Waals surface area contributed by atoms with Gasteiger partial charge in [0, 0.05) is 30.4 Å². The maximum atomic E-state index is 7.18. The number of nitrogens with two attached hydrogens (primary N) is 1. The second-order valence-electron chi connectivity index (χ2n) is 11.0. The number of fused-ring (bicyclic) bond motifs is 1. The molecule has 1 saturated carbocycles. The zero-order valence-electron chi connectivity index (χ0n) is 21.3. The van der Waals surface area contributed by atoms with E-state index < -0.39 is 5.54 Å². The first-order valence-electron chi connectivity index (χ1n) is 14.4. The van der Waals surface area contributed by atoms with Crippen LogP contribution in [0.15, 0.2) is 0 Å². The Hall–Kier alpha value is -1.20. The number of unbranched alkanes of at least 4 members (excludes halogenated alkanes) is 6. The fourth-order valence-corrected chi connectivity index (χ4v) is 6.27. The quantitative estimate of drug-likeness (QED) is 0.414. The highest BCUT2D eigenvalue weighted by Gasteiger charge is 2.44. The van der Waals surface area contributed by atoms with Gasteiger partial charge in [0.2, 0.25) is 0 Å². The first kappa shape index (κ1) is 24.9. The summed E-state index contributed by atoms with van der Waals surface area (Å²) in [6, 6.07) is 0.302. The van der Waals surface area contributed by atoms with E-state index in [1.54, 1.807) is 0 Å². The molecule has 4 rings (SSSR count). The van der Waals surface area contributed by atoms with Gasteiger partial charge in [0.05, 0.1) is 5.54 Å². The van der Waals surface area contributed by atoms with Crippen molar-refractivity contribution in [1.29, 1.82) is 0 Å². The Kier molecular flexibility index (Phi) is 9.43. The van der Waals surface area contributed by atoms with Crippen LogP contribution < -0.4 is 16.0 Å². The van der Waals surface area contributed by atoms with E-state index in [9.17, 15) is 0 Å². The third-order valence-corrected chi connectivity index (χ3v) is 8.36. The van der Waals surface area contributed by atoms with Gasteiger partial charge in [-0.3, -0.25) is 0 Å². The van der Waals surface area contributed by atoms with Gasteiger partial charge in [-0.05, 0) is 70.8 Å². The fourth-order valence-electron chi connectivity index (χ4n) is 6.27. The maximum absolute atomic E-state index is 7.18. The van der Waals surface area contributed by atoms with E-state index in [-0.39, 0.29) is 0 Å². The van der Waals surface area contributed by atoms with Crippen LogP contribution >= 0.6 is 0 Å². The Bertz CT molecular complexity index is 727. The van der Waals surface area contributed by atoms with Crippen LogP contribution in [0.2, 0.25) is 0 Å². The number of hydrogen-bond donors (Lipinski definition) is 2. The van der Waals surface area contributed by atoms with Crippen molar-refractivity contribution < 1.29 is 0 Å². The number of hydrogen-bond acceptors (Lipinski definition) is 5. The van der Waals surface area contributed by atoms with E-state index in [1.807, 2.05) is 0 Å². The van der Waals surface area contributed by atoms with Crippen LogP contribution in [0.3, 0.4) is 0 Å². The number of nitrogens with zero attached hydrogens (tertiary/aromatic N) is 3. The maximum Gasteiger partial charge on any atom is 0.152 e. The van der Waals surface area contributed by atoms with Crippen molar-refractivity contribution in [2.24, 2.45) is 5.73 Å². The largest absolute Gasteiger partial charge is 0.356 e. The summed E-state index contributed by atoms with van der Waals surface area (Å²) < 4.78 is 0. The second kappa shape index (κ2) is 12.5. The van der Waals surface area contributed by atoms with Crippen LogP contribution in [0.4, 0.5) is 5.82 Å². The van der Waals surface area contributed by atoms with Gasteiger partial charge >= 0.3 is 0 Å². The first-order valence-corrected chi connectivity index (χ1v) is 14.4. The summed E-state index contributed by atoms with van der Waals surface area (Å²) in [5.74, 6) is 2.16. The van der Waals surface area contributed by atoms with Gasteiger partial charge in [-0.2, -0.15) is 0 Å². The van der Waals surface area contributed by atoms with E-state index in [0.29, 0.717) is 6.04 Å². The van der Waals surface area contributed by atoms with E-state index >= 15 is 0 Å². The van der Waals surface area contributed by atoms with Gasteiger partial charge < -0.3 is 16.0 Å². The van der Waals surface area contributed by atoms with Crippen molar-refractivity contribution in [3.63, 3.8) is 0 Å². The monoisotopic (exact) mass is 455 g/mol. The number of nitrogens with one attached hydrogen (secondary N) is 1. The lowest BCUT2D eigenvalue weighted by molar-refractivity contribution is 0.322. The van der Waals surface area contributed by atoms with Crippen molar-refractivity contribution in [3.05, 3.63) is 17.1 Å². The molecule has 33 heavy (non-hydrogen) atoms. The average Bonchev–Trinajstić information content (AvgIpc) is 3.03. The molecule has 0 bridgehead atoms. The molecule has 3 N–H and O–H groups in total. The molecule has 186 valence electrons. The lowest BCUT2D eigenvalue weighted by Gasteiger charge is -2.34. The molecule has 2 heterocycles. The van der Waals surface area contributed by atoms with Crippen LogP contribution in [0, 0.1) is 0 Å². The fraction of sp³-hybridized carbons (Fsp3) is 0.857. The molecule has 1 aromatic heterocycles. The highest BCUT2D eigenvalue weighted by atomic mass is 15.2. The van der Waals surface area contributed by atoms with Crippen LogP contribution in [-0.4, -0.2) is 35.6 Å². The molecule has 0 radical (unpaired) electrons. The summed E-state index contributed by atoms with van der Waals surface area (Å²) in [4.78, 5) is 13.0. The zero-order valence-corrected chi connectivity index (χ0v) is 21.3. The van der Waals surface area contributed by atoms with Crippen molar-refractivity contribution >= 4 is 5.82 Å². The Balaban J connectivity index is 1.44. The third kappa shape index (κ3) is 6.28. The molecule has 0 amide bonds. The van der Waals surface area contributed by atoms with Gasteiger partial charge in [0.15, 0.2) is 5.82 Å². The average molecular weight is 456 g/mol. The molecule has 5 heteroatoms. The van der Waals surface area contributed by atoms with Gasteiger partial charge in [0.1, 0.15) is 5.82 Å². The Morgan fingerprint density at radius 3 is 2.39 bits per heavy atom. The minimum Gasteiger partial charge on any atom is -0.356 e. The van der Waals surface area contributed by atoms with Crippen LogP contribution in [0.25, 0.3) is 0 Å². The summed E-state index contributed by atoms with van der Waals surface area (Å²) in [5.41, 5.74) is 9.49. The standard InChI is InChI=1S/C28H49N5/c1-2-3-4-5-6-7-12-20-30-25-18-15-19-28(25,29)27-31-24-17-11-10-16-23(24)26(32-27)33-21-13-8-9-14-22-33/h25,30H,2-22,29H2,1H3. The summed E-state index contributed by atoms with van der Waals surface area (Å²) in [5, 5.41) is 3.84. The molecule has 1 aliphatic heterocycles. The first-order chi connectivity index (χ1) is 16.2. The minimum absolute atomic E-state index is 0.302. The number of aromatic nitrogens is 2. The van der Waals surface area contributed by atoms with E-state index in [4.69, 9.17) is 15.7 Å². The lowest BCUT2D eigenvalue weighted by atomic mass is 9.90. The molecule has 5 nitrogen and oxygen atoms in total. The zero-order chi connectivity index (χ0) is 22.9.